The van der Waals surface area contributed by atoms with Crippen molar-refractivity contribution in [3.8, 4) is 28.6 Å². The van der Waals surface area contributed by atoms with Crippen molar-refractivity contribution in [1.82, 2.24) is 25.0 Å². The van der Waals surface area contributed by atoms with Gasteiger partial charge in [-0.1, -0.05) is 29.5 Å². The number of methoxy groups -OCH3 is 1. The number of ether oxygens (including phenoxy) is 1. The number of hydrogen-bond donors (Lipinski definition) is 0. The molecule has 0 aliphatic rings. The molecule has 0 amide bonds. The maximum Gasteiger partial charge on any atom is 0.247 e. The lowest BCUT2D eigenvalue weighted by Gasteiger charge is -2.07. The minimum Gasteiger partial charge on any atom is -0.497 e. The predicted octanol–water partition coefficient (Wildman–Crippen LogP) is 4.70. The molecule has 0 spiro atoms. The van der Waals surface area contributed by atoms with Gasteiger partial charge >= 0.3 is 0 Å². The van der Waals surface area contributed by atoms with E-state index in [0.717, 1.165) is 27.9 Å². The Morgan fingerprint density at radius 2 is 1.62 bits per heavy atom. The number of hydrogen-bond acceptors (Lipinski definition) is 7. The summed E-state index contributed by atoms with van der Waals surface area (Å²) in [5, 5.41) is 17.8. The molecule has 2 aromatic carbocycles. The molecule has 29 heavy (non-hydrogen) atoms. The second-order valence-electron chi connectivity index (χ2n) is 6.67. The first-order valence-electron chi connectivity index (χ1n) is 9.16. The van der Waals surface area contributed by atoms with Crippen LogP contribution in [0.5, 0.6) is 5.75 Å². The molecular weight excluding hydrogens is 386 g/mol. The van der Waals surface area contributed by atoms with E-state index in [0.29, 0.717) is 11.8 Å². The molecule has 0 N–H and O–H groups in total. The molecule has 0 aliphatic heterocycles. The van der Waals surface area contributed by atoms with E-state index in [1.54, 1.807) is 7.11 Å². The van der Waals surface area contributed by atoms with Gasteiger partial charge in [0.1, 0.15) is 5.75 Å². The second-order valence-corrected chi connectivity index (χ2v) is 7.97. The molecule has 0 saturated carbocycles. The Hall–Kier alpha value is -3.13. The van der Waals surface area contributed by atoms with Crippen LogP contribution >= 0.6 is 11.8 Å². The van der Waals surface area contributed by atoms with Crippen molar-refractivity contribution in [1.29, 1.82) is 0 Å². The summed E-state index contributed by atoms with van der Waals surface area (Å²) in [5.74, 6) is 2.66. The topological polar surface area (TPSA) is 78.9 Å². The Bertz CT molecular complexity index is 1100. The van der Waals surface area contributed by atoms with Crippen LogP contribution < -0.4 is 4.74 Å². The Kier molecular flexibility index (Phi) is 5.35. The highest BCUT2D eigenvalue weighted by atomic mass is 32.2. The van der Waals surface area contributed by atoms with Crippen LogP contribution in [0.15, 0.2) is 58.1 Å². The van der Waals surface area contributed by atoms with Gasteiger partial charge in [-0.05, 0) is 50.2 Å². The molecule has 2 heterocycles. The quantitative estimate of drug-likeness (QED) is 0.429. The first-order valence-corrected chi connectivity index (χ1v) is 10.0. The number of rotatable bonds is 6. The molecule has 1 atom stereocenters. The van der Waals surface area contributed by atoms with Crippen LogP contribution in [0.4, 0.5) is 0 Å². The van der Waals surface area contributed by atoms with Crippen LogP contribution in [0.1, 0.15) is 23.6 Å². The zero-order valence-electron chi connectivity index (χ0n) is 16.7. The van der Waals surface area contributed by atoms with Crippen LogP contribution in [-0.4, -0.2) is 32.1 Å². The van der Waals surface area contributed by atoms with Crippen molar-refractivity contribution >= 4 is 11.8 Å². The van der Waals surface area contributed by atoms with Crippen LogP contribution in [0.2, 0.25) is 0 Å². The fourth-order valence-electron chi connectivity index (χ4n) is 2.83. The highest BCUT2D eigenvalue weighted by molar-refractivity contribution is 7.99. The molecule has 0 bridgehead atoms. The number of aryl methyl sites for hydroxylation is 1. The second kappa shape index (κ2) is 8.08. The minimum atomic E-state index is -0.0617. The summed E-state index contributed by atoms with van der Waals surface area (Å²) >= 11 is 1.53. The summed E-state index contributed by atoms with van der Waals surface area (Å²) in [5.41, 5.74) is 3.07. The van der Waals surface area contributed by atoms with E-state index >= 15 is 0 Å². The van der Waals surface area contributed by atoms with Crippen LogP contribution in [0.25, 0.3) is 22.8 Å². The molecule has 0 fully saturated rings. The lowest BCUT2D eigenvalue weighted by atomic mass is 10.1. The van der Waals surface area contributed by atoms with Crippen LogP contribution in [0.3, 0.4) is 0 Å². The maximum absolute atomic E-state index is 5.89. The van der Waals surface area contributed by atoms with E-state index in [9.17, 15) is 0 Å². The fourth-order valence-corrected chi connectivity index (χ4v) is 3.67. The van der Waals surface area contributed by atoms with E-state index in [4.69, 9.17) is 9.15 Å². The van der Waals surface area contributed by atoms with Crippen molar-refractivity contribution < 1.29 is 9.15 Å². The largest absolute Gasteiger partial charge is 0.497 e. The van der Waals surface area contributed by atoms with Gasteiger partial charge in [-0.15, -0.1) is 20.4 Å². The van der Waals surface area contributed by atoms with Gasteiger partial charge in [0.15, 0.2) is 11.0 Å². The third-order valence-electron chi connectivity index (χ3n) is 4.55. The Morgan fingerprint density at radius 1 is 0.931 bits per heavy atom. The molecule has 0 saturated heterocycles. The molecule has 4 aromatic rings. The van der Waals surface area contributed by atoms with Crippen molar-refractivity contribution in [3.63, 3.8) is 0 Å². The zero-order chi connectivity index (χ0) is 20.4. The third kappa shape index (κ3) is 4.02. The summed E-state index contributed by atoms with van der Waals surface area (Å²) in [7, 11) is 3.59. The van der Waals surface area contributed by atoms with E-state index in [-0.39, 0.29) is 5.25 Å². The first-order chi connectivity index (χ1) is 14.0. The van der Waals surface area contributed by atoms with E-state index in [1.165, 1.54) is 17.3 Å². The molecule has 0 radical (unpaired) electrons. The molecule has 8 heteroatoms. The van der Waals surface area contributed by atoms with Gasteiger partial charge in [0.2, 0.25) is 11.8 Å². The maximum atomic E-state index is 5.89. The van der Waals surface area contributed by atoms with Crippen molar-refractivity contribution in [2.24, 2.45) is 7.05 Å². The van der Waals surface area contributed by atoms with Gasteiger partial charge < -0.3 is 13.7 Å². The molecule has 4 rings (SSSR count). The smallest absolute Gasteiger partial charge is 0.247 e. The summed E-state index contributed by atoms with van der Waals surface area (Å²) in [4.78, 5) is 0. The molecule has 2 aromatic heterocycles. The standard InChI is InChI=1S/C21H21N5O2S/c1-13-5-7-16(8-6-13)20-24-23-19(28-20)14(2)29-21-25-22-18(26(21)3)15-9-11-17(27-4)12-10-15/h5-12,14H,1-4H3/t14-/m1/s1. The highest BCUT2D eigenvalue weighted by Gasteiger charge is 2.20. The van der Waals surface area contributed by atoms with Gasteiger partial charge in [-0.2, -0.15) is 0 Å². The minimum absolute atomic E-state index is 0.0617. The Balaban J connectivity index is 1.51. The lowest BCUT2D eigenvalue weighted by Crippen LogP contribution is -1.97. The van der Waals surface area contributed by atoms with E-state index < -0.39 is 0 Å². The summed E-state index contributed by atoms with van der Waals surface area (Å²) in [6.07, 6.45) is 0. The number of benzene rings is 2. The van der Waals surface area contributed by atoms with Crippen molar-refractivity contribution in [3.05, 3.63) is 60.0 Å². The third-order valence-corrected chi connectivity index (χ3v) is 5.67. The number of aromatic nitrogens is 5. The Morgan fingerprint density at radius 3 is 2.31 bits per heavy atom. The highest BCUT2D eigenvalue weighted by Crippen LogP contribution is 2.35. The number of nitrogens with zero attached hydrogens (tertiary/aromatic N) is 5. The van der Waals surface area contributed by atoms with E-state index in [1.807, 2.05) is 74.0 Å². The lowest BCUT2D eigenvalue weighted by molar-refractivity contribution is 0.415. The Labute approximate surface area is 173 Å². The molecule has 7 nitrogen and oxygen atoms in total. The first kappa shape index (κ1) is 19.2. The van der Waals surface area contributed by atoms with E-state index in [2.05, 4.69) is 20.4 Å². The predicted molar refractivity (Wildman–Crippen MR) is 112 cm³/mol. The summed E-state index contributed by atoms with van der Waals surface area (Å²) in [6, 6.07) is 15.8. The molecular formula is C21H21N5O2S. The van der Waals surface area contributed by atoms with Gasteiger partial charge in [-0.3, -0.25) is 0 Å². The van der Waals surface area contributed by atoms with Crippen molar-refractivity contribution in [2.75, 3.05) is 7.11 Å². The van der Waals surface area contributed by atoms with Gasteiger partial charge in [-0.25, -0.2) is 0 Å². The average Bonchev–Trinajstić information content (AvgIpc) is 3.37. The molecule has 0 aliphatic carbocycles. The fraction of sp³-hybridized carbons (Fsp3) is 0.238. The SMILES string of the molecule is COc1ccc(-c2nnc(S[C@H](C)c3nnc(-c4ccc(C)cc4)o3)n2C)cc1. The van der Waals surface area contributed by atoms with Crippen molar-refractivity contribution in [2.45, 2.75) is 24.3 Å². The van der Waals surface area contributed by atoms with Gasteiger partial charge in [0.25, 0.3) is 0 Å². The normalized spacial score (nSPS) is 12.1. The zero-order valence-corrected chi connectivity index (χ0v) is 17.5. The molecule has 148 valence electrons. The summed E-state index contributed by atoms with van der Waals surface area (Å²) in [6.45, 7) is 4.06. The van der Waals surface area contributed by atoms with Gasteiger partial charge in [0.05, 0.1) is 12.4 Å². The van der Waals surface area contributed by atoms with Gasteiger partial charge in [0, 0.05) is 18.2 Å². The summed E-state index contributed by atoms with van der Waals surface area (Å²) < 4.78 is 13.1. The van der Waals surface area contributed by atoms with Crippen LogP contribution in [-0.2, 0) is 7.05 Å². The molecule has 0 unspecified atom stereocenters. The monoisotopic (exact) mass is 407 g/mol. The average molecular weight is 407 g/mol. The number of thioether (sulfide) groups is 1. The van der Waals surface area contributed by atoms with Crippen LogP contribution in [0, 0.1) is 6.92 Å².